The summed E-state index contributed by atoms with van der Waals surface area (Å²) >= 11 is 0. The SMILES string of the molecule is CCCCN(C(=O)CN)c1ccccc1CC. The molecule has 0 spiro atoms. The molecule has 1 rings (SSSR count). The van der Waals surface area contributed by atoms with Crippen LogP contribution in [0, 0.1) is 0 Å². The highest BCUT2D eigenvalue weighted by atomic mass is 16.2. The maximum Gasteiger partial charge on any atom is 0.240 e. The van der Waals surface area contributed by atoms with Gasteiger partial charge >= 0.3 is 0 Å². The summed E-state index contributed by atoms with van der Waals surface area (Å²) in [6.07, 6.45) is 3.00. The summed E-state index contributed by atoms with van der Waals surface area (Å²) in [4.78, 5) is 13.7. The first-order chi connectivity index (χ1) is 8.24. The molecule has 1 amide bonds. The summed E-state index contributed by atoms with van der Waals surface area (Å²) in [7, 11) is 0. The summed E-state index contributed by atoms with van der Waals surface area (Å²) in [5.74, 6) is -0.000602. The van der Waals surface area contributed by atoms with Crippen LogP contribution in [0.4, 0.5) is 5.69 Å². The largest absolute Gasteiger partial charge is 0.322 e. The van der Waals surface area contributed by atoms with Gasteiger partial charge < -0.3 is 10.6 Å². The summed E-state index contributed by atoms with van der Waals surface area (Å²) < 4.78 is 0. The molecule has 17 heavy (non-hydrogen) atoms. The van der Waals surface area contributed by atoms with E-state index in [0.29, 0.717) is 0 Å². The molecule has 0 bridgehead atoms. The van der Waals surface area contributed by atoms with Crippen molar-refractivity contribution in [2.45, 2.75) is 33.1 Å². The van der Waals surface area contributed by atoms with Crippen LogP contribution in [0.3, 0.4) is 0 Å². The van der Waals surface area contributed by atoms with Crippen LogP contribution >= 0.6 is 0 Å². The minimum atomic E-state index is -0.000602. The molecule has 0 aromatic heterocycles. The number of hydrogen-bond acceptors (Lipinski definition) is 2. The summed E-state index contributed by atoms with van der Waals surface area (Å²) in [6, 6.07) is 8.05. The monoisotopic (exact) mass is 234 g/mol. The predicted octanol–water partition coefficient (Wildman–Crippen LogP) is 2.34. The van der Waals surface area contributed by atoms with Gasteiger partial charge in [-0.1, -0.05) is 38.5 Å². The lowest BCUT2D eigenvalue weighted by Gasteiger charge is -2.24. The van der Waals surface area contributed by atoms with Crippen molar-refractivity contribution in [3.8, 4) is 0 Å². The molecule has 0 unspecified atom stereocenters. The minimum absolute atomic E-state index is 0.000602. The average Bonchev–Trinajstić information content (AvgIpc) is 2.39. The van der Waals surface area contributed by atoms with Crippen LogP contribution in [0.2, 0.25) is 0 Å². The van der Waals surface area contributed by atoms with Gasteiger partial charge in [-0.3, -0.25) is 4.79 Å². The first-order valence-corrected chi connectivity index (χ1v) is 6.32. The first kappa shape index (κ1) is 13.7. The minimum Gasteiger partial charge on any atom is -0.322 e. The van der Waals surface area contributed by atoms with E-state index < -0.39 is 0 Å². The molecule has 3 nitrogen and oxygen atoms in total. The van der Waals surface area contributed by atoms with Crippen LogP contribution in [0.25, 0.3) is 0 Å². The molecule has 1 aromatic rings. The molecule has 1 aromatic carbocycles. The zero-order valence-electron chi connectivity index (χ0n) is 10.8. The number of carbonyl (C=O) groups excluding carboxylic acids is 1. The highest BCUT2D eigenvalue weighted by molar-refractivity contribution is 5.95. The number of para-hydroxylation sites is 1. The first-order valence-electron chi connectivity index (χ1n) is 6.32. The summed E-state index contributed by atoms with van der Waals surface area (Å²) in [5.41, 5.74) is 7.69. The zero-order valence-corrected chi connectivity index (χ0v) is 10.8. The average molecular weight is 234 g/mol. The van der Waals surface area contributed by atoms with Crippen LogP contribution < -0.4 is 10.6 Å². The molecule has 0 radical (unpaired) electrons. The lowest BCUT2D eigenvalue weighted by molar-refractivity contribution is -0.117. The molecule has 2 N–H and O–H groups in total. The van der Waals surface area contributed by atoms with Gasteiger partial charge in [0.2, 0.25) is 5.91 Å². The highest BCUT2D eigenvalue weighted by Gasteiger charge is 2.15. The number of aryl methyl sites for hydroxylation is 1. The molecule has 0 atom stereocenters. The fourth-order valence-corrected chi connectivity index (χ4v) is 1.88. The van der Waals surface area contributed by atoms with Gasteiger partial charge in [-0.2, -0.15) is 0 Å². The van der Waals surface area contributed by atoms with E-state index in [1.807, 2.05) is 23.1 Å². The molecule has 3 heteroatoms. The normalized spacial score (nSPS) is 10.3. The molecule has 0 aliphatic heterocycles. The topological polar surface area (TPSA) is 46.3 Å². The van der Waals surface area contributed by atoms with Crippen molar-refractivity contribution in [1.82, 2.24) is 0 Å². The summed E-state index contributed by atoms with van der Waals surface area (Å²) in [5, 5.41) is 0. The number of anilines is 1. The Hall–Kier alpha value is -1.35. The van der Waals surface area contributed by atoms with Gasteiger partial charge in [0.15, 0.2) is 0 Å². The number of benzene rings is 1. The third-order valence-corrected chi connectivity index (χ3v) is 2.87. The van der Waals surface area contributed by atoms with Gasteiger partial charge in [0.1, 0.15) is 0 Å². The van der Waals surface area contributed by atoms with Gasteiger partial charge in [0.05, 0.1) is 6.54 Å². The second-order valence-electron chi connectivity index (χ2n) is 4.09. The molecule has 0 aliphatic rings. The molecule has 0 aliphatic carbocycles. The van der Waals surface area contributed by atoms with Crippen molar-refractivity contribution in [3.63, 3.8) is 0 Å². The smallest absolute Gasteiger partial charge is 0.240 e. The summed E-state index contributed by atoms with van der Waals surface area (Å²) in [6.45, 7) is 5.05. The molecule has 0 saturated carbocycles. The van der Waals surface area contributed by atoms with E-state index in [-0.39, 0.29) is 12.5 Å². The number of rotatable bonds is 6. The van der Waals surface area contributed by atoms with Gasteiger partial charge in [-0.25, -0.2) is 0 Å². The van der Waals surface area contributed by atoms with E-state index in [2.05, 4.69) is 19.9 Å². The fraction of sp³-hybridized carbons (Fsp3) is 0.500. The molecule has 0 saturated heterocycles. The van der Waals surface area contributed by atoms with Crippen LogP contribution in [0.1, 0.15) is 32.3 Å². The molecular weight excluding hydrogens is 212 g/mol. The van der Waals surface area contributed by atoms with Crippen LogP contribution in [0.5, 0.6) is 0 Å². The van der Waals surface area contributed by atoms with Gasteiger partial charge in [-0.05, 0) is 24.5 Å². The van der Waals surface area contributed by atoms with E-state index in [0.717, 1.165) is 31.5 Å². The third kappa shape index (κ3) is 3.56. The Labute approximate surface area is 104 Å². The zero-order chi connectivity index (χ0) is 12.7. The Balaban J connectivity index is 2.98. The number of carbonyl (C=O) groups is 1. The van der Waals surface area contributed by atoms with Crippen LogP contribution in [0.15, 0.2) is 24.3 Å². The number of hydrogen-bond donors (Lipinski definition) is 1. The van der Waals surface area contributed by atoms with Gasteiger partial charge in [0, 0.05) is 12.2 Å². The Morgan fingerprint density at radius 1 is 1.29 bits per heavy atom. The molecule has 94 valence electrons. The van der Waals surface area contributed by atoms with Crippen molar-refractivity contribution in [1.29, 1.82) is 0 Å². The van der Waals surface area contributed by atoms with Crippen molar-refractivity contribution >= 4 is 11.6 Å². The van der Waals surface area contributed by atoms with Crippen molar-refractivity contribution in [2.24, 2.45) is 5.73 Å². The van der Waals surface area contributed by atoms with E-state index in [9.17, 15) is 4.79 Å². The molecule has 0 fully saturated rings. The lowest BCUT2D eigenvalue weighted by Crippen LogP contribution is -2.37. The number of nitrogens with two attached hydrogens (primary N) is 1. The van der Waals surface area contributed by atoms with Crippen molar-refractivity contribution in [2.75, 3.05) is 18.0 Å². The number of nitrogens with zero attached hydrogens (tertiary/aromatic N) is 1. The van der Waals surface area contributed by atoms with E-state index in [1.54, 1.807) is 0 Å². The van der Waals surface area contributed by atoms with E-state index in [1.165, 1.54) is 5.56 Å². The molecule has 0 heterocycles. The second kappa shape index (κ2) is 7.07. The maximum absolute atomic E-state index is 11.9. The highest BCUT2D eigenvalue weighted by Crippen LogP contribution is 2.21. The quantitative estimate of drug-likeness (QED) is 0.821. The maximum atomic E-state index is 11.9. The van der Waals surface area contributed by atoms with Gasteiger partial charge in [-0.15, -0.1) is 0 Å². The molecular formula is C14H22N2O. The Morgan fingerprint density at radius 3 is 2.59 bits per heavy atom. The fourth-order valence-electron chi connectivity index (χ4n) is 1.88. The standard InChI is InChI=1S/C14H22N2O/c1-3-5-10-16(14(17)11-15)13-9-7-6-8-12(13)4-2/h6-9H,3-5,10-11,15H2,1-2H3. The van der Waals surface area contributed by atoms with E-state index in [4.69, 9.17) is 5.73 Å². The number of unbranched alkanes of at least 4 members (excludes halogenated alkanes) is 1. The second-order valence-corrected chi connectivity index (χ2v) is 4.09. The Bertz CT molecular complexity index is 363. The van der Waals surface area contributed by atoms with Gasteiger partial charge in [0.25, 0.3) is 0 Å². The third-order valence-electron chi connectivity index (χ3n) is 2.87. The van der Waals surface area contributed by atoms with Crippen molar-refractivity contribution < 1.29 is 4.79 Å². The lowest BCUT2D eigenvalue weighted by atomic mass is 10.1. The van der Waals surface area contributed by atoms with Crippen LogP contribution in [-0.4, -0.2) is 19.0 Å². The van der Waals surface area contributed by atoms with Crippen LogP contribution in [-0.2, 0) is 11.2 Å². The number of amides is 1. The predicted molar refractivity (Wildman–Crippen MR) is 72.1 cm³/mol. The Kier molecular flexibility index (Phi) is 5.70. The Morgan fingerprint density at radius 2 is 2.00 bits per heavy atom. The van der Waals surface area contributed by atoms with E-state index >= 15 is 0 Å². The van der Waals surface area contributed by atoms with Crippen molar-refractivity contribution in [3.05, 3.63) is 29.8 Å².